The van der Waals surface area contributed by atoms with Gasteiger partial charge in [-0.3, -0.25) is 4.79 Å². The molecule has 0 saturated heterocycles. The molecule has 0 aliphatic rings. The molecule has 0 radical (unpaired) electrons. The number of nitrogens with one attached hydrogen (secondary N) is 1. The van der Waals surface area contributed by atoms with Gasteiger partial charge < -0.3 is 4.74 Å². The average molecular weight is 429 g/mol. The predicted octanol–water partition coefficient (Wildman–Crippen LogP) is 6.15. The van der Waals surface area contributed by atoms with Crippen LogP contribution in [0.4, 0.5) is 0 Å². The summed E-state index contributed by atoms with van der Waals surface area (Å²) in [6.07, 6.45) is 10.1. The first-order valence-electron chi connectivity index (χ1n) is 10.5. The number of benzene rings is 2. The Morgan fingerprint density at radius 3 is 2.37 bits per heavy atom. The van der Waals surface area contributed by atoms with Crippen molar-refractivity contribution in [2.45, 2.75) is 58.3 Å². The molecule has 0 bridgehead atoms. The van der Waals surface area contributed by atoms with E-state index in [1.807, 2.05) is 0 Å². The van der Waals surface area contributed by atoms with E-state index in [9.17, 15) is 9.59 Å². The fourth-order valence-corrected chi connectivity index (χ4v) is 3.02. The fourth-order valence-electron chi connectivity index (χ4n) is 2.90. The molecule has 0 spiro atoms. The second-order valence-corrected chi connectivity index (χ2v) is 7.54. The fraction of sp³-hybridized carbons (Fsp3) is 0.375. The zero-order valence-corrected chi connectivity index (χ0v) is 18.2. The van der Waals surface area contributed by atoms with Crippen molar-refractivity contribution in [1.82, 2.24) is 5.43 Å². The first-order valence-corrected chi connectivity index (χ1v) is 10.9. The molecule has 30 heavy (non-hydrogen) atoms. The number of hydrogen-bond donors (Lipinski definition) is 1. The van der Waals surface area contributed by atoms with Crippen LogP contribution in [0.25, 0.3) is 0 Å². The number of carbonyl (C=O) groups is 2. The summed E-state index contributed by atoms with van der Waals surface area (Å²) in [6, 6.07) is 13.5. The van der Waals surface area contributed by atoms with Crippen molar-refractivity contribution in [3.8, 4) is 5.75 Å². The summed E-state index contributed by atoms with van der Waals surface area (Å²) < 4.78 is 5.46. The minimum atomic E-state index is -0.490. The van der Waals surface area contributed by atoms with Gasteiger partial charge in [0.05, 0.1) is 11.8 Å². The molecule has 6 heteroatoms. The number of ether oxygens (including phenoxy) is 1. The van der Waals surface area contributed by atoms with Crippen LogP contribution >= 0.6 is 11.6 Å². The SMILES string of the molecule is CCCCCCCCCC(=O)N/N=C\c1ccccc1OC(=O)c1ccc(Cl)cc1. The number of nitrogens with zero attached hydrogens (tertiary/aromatic N) is 1. The highest BCUT2D eigenvalue weighted by atomic mass is 35.5. The van der Waals surface area contributed by atoms with Crippen molar-refractivity contribution in [2.75, 3.05) is 0 Å². The van der Waals surface area contributed by atoms with E-state index in [2.05, 4.69) is 17.5 Å². The highest BCUT2D eigenvalue weighted by Crippen LogP contribution is 2.18. The van der Waals surface area contributed by atoms with Crippen LogP contribution in [0, 0.1) is 0 Å². The molecule has 0 aliphatic heterocycles. The summed E-state index contributed by atoms with van der Waals surface area (Å²) in [4.78, 5) is 24.2. The summed E-state index contributed by atoms with van der Waals surface area (Å²) >= 11 is 5.85. The normalized spacial score (nSPS) is 10.9. The van der Waals surface area contributed by atoms with Gasteiger partial charge >= 0.3 is 5.97 Å². The molecule has 0 aliphatic carbocycles. The smallest absolute Gasteiger partial charge is 0.343 e. The number of unbranched alkanes of at least 4 members (excludes halogenated alkanes) is 6. The van der Waals surface area contributed by atoms with Gasteiger partial charge in [-0.2, -0.15) is 5.10 Å². The number of amides is 1. The Morgan fingerprint density at radius 2 is 1.63 bits per heavy atom. The number of hydrogen-bond acceptors (Lipinski definition) is 4. The van der Waals surface area contributed by atoms with Crippen molar-refractivity contribution < 1.29 is 14.3 Å². The Kier molecular flexibility index (Phi) is 10.7. The number of para-hydroxylation sites is 1. The van der Waals surface area contributed by atoms with Crippen LogP contribution in [-0.4, -0.2) is 18.1 Å². The standard InChI is InChI=1S/C24H29ClN2O3/c1-2-3-4-5-6-7-8-13-23(28)27-26-18-20-11-9-10-12-22(20)30-24(29)19-14-16-21(25)17-15-19/h9-12,14-18H,2-8,13H2,1H3,(H,27,28)/b26-18-. The van der Waals surface area contributed by atoms with Crippen LogP contribution < -0.4 is 10.2 Å². The molecule has 0 saturated carbocycles. The summed E-state index contributed by atoms with van der Waals surface area (Å²) in [6.45, 7) is 2.20. The first kappa shape index (κ1) is 23.6. The topological polar surface area (TPSA) is 67.8 Å². The lowest BCUT2D eigenvalue weighted by Gasteiger charge is -2.07. The van der Waals surface area contributed by atoms with Crippen molar-refractivity contribution >= 4 is 29.7 Å². The Labute approximate surface area is 183 Å². The molecule has 2 rings (SSSR count). The Bertz CT molecular complexity index is 835. The monoisotopic (exact) mass is 428 g/mol. The highest BCUT2D eigenvalue weighted by Gasteiger charge is 2.10. The molecule has 2 aromatic rings. The lowest BCUT2D eigenvalue weighted by atomic mass is 10.1. The molecule has 0 atom stereocenters. The van der Waals surface area contributed by atoms with Crippen LogP contribution in [0.2, 0.25) is 5.02 Å². The van der Waals surface area contributed by atoms with Crippen LogP contribution in [0.15, 0.2) is 53.6 Å². The van der Waals surface area contributed by atoms with E-state index in [0.29, 0.717) is 28.3 Å². The maximum absolute atomic E-state index is 12.3. The van der Waals surface area contributed by atoms with Gasteiger partial charge in [-0.1, -0.05) is 69.2 Å². The summed E-state index contributed by atoms with van der Waals surface area (Å²) in [7, 11) is 0. The molecule has 0 heterocycles. The van der Waals surface area contributed by atoms with Gasteiger partial charge in [0, 0.05) is 17.0 Å². The number of rotatable bonds is 12. The van der Waals surface area contributed by atoms with E-state index in [0.717, 1.165) is 12.8 Å². The van der Waals surface area contributed by atoms with E-state index in [4.69, 9.17) is 16.3 Å². The van der Waals surface area contributed by atoms with E-state index in [-0.39, 0.29) is 5.91 Å². The molecule has 1 amide bonds. The third-order valence-electron chi connectivity index (χ3n) is 4.60. The van der Waals surface area contributed by atoms with Crippen molar-refractivity contribution in [3.63, 3.8) is 0 Å². The minimum absolute atomic E-state index is 0.115. The molecule has 160 valence electrons. The third kappa shape index (κ3) is 8.78. The zero-order chi connectivity index (χ0) is 21.6. The summed E-state index contributed by atoms with van der Waals surface area (Å²) in [5.41, 5.74) is 3.53. The maximum atomic E-state index is 12.3. The lowest BCUT2D eigenvalue weighted by Crippen LogP contribution is -2.17. The highest BCUT2D eigenvalue weighted by molar-refractivity contribution is 6.30. The molecular weight excluding hydrogens is 400 g/mol. The number of carbonyl (C=O) groups excluding carboxylic acids is 2. The molecule has 5 nitrogen and oxygen atoms in total. The molecule has 0 unspecified atom stereocenters. The second kappa shape index (κ2) is 13.5. The number of halogens is 1. The second-order valence-electron chi connectivity index (χ2n) is 7.10. The van der Waals surface area contributed by atoms with E-state index >= 15 is 0 Å². The van der Waals surface area contributed by atoms with Crippen LogP contribution in [0.5, 0.6) is 5.75 Å². The summed E-state index contributed by atoms with van der Waals surface area (Å²) in [5, 5.41) is 4.55. The van der Waals surface area contributed by atoms with Gasteiger partial charge in [-0.15, -0.1) is 0 Å². The number of esters is 1. The van der Waals surface area contributed by atoms with Gasteiger partial charge in [0.15, 0.2) is 0 Å². The van der Waals surface area contributed by atoms with Crippen molar-refractivity contribution in [2.24, 2.45) is 5.10 Å². The molecular formula is C24H29ClN2O3. The van der Waals surface area contributed by atoms with Crippen molar-refractivity contribution in [3.05, 3.63) is 64.7 Å². The average Bonchev–Trinajstić information content (AvgIpc) is 2.74. The Balaban J connectivity index is 1.79. The van der Waals surface area contributed by atoms with Gasteiger partial charge in [0.25, 0.3) is 0 Å². The Morgan fingerprint density at radius 1 is 0.967 bits per heavy atom. The summed E-state index contributed by atoms with van der Waals surface area (Å²) in [5.74, 6) is -0.242. The largest absolute Gasteiger partial charge is 0.422 e. The molecule has 2 aromatic carbocycles. The number of hydrazone groups is 1. The minimum Gasteiger partial charge on any atom is -0.422 e. The quantitative estimate of drug-likeness (QED) is 0.145. The first-order chi connectivity index (χ1) is 14.6. The van der Waals surface area contributed by atoms with Crippen LogP contribution in [0.3, 0.4) is 0 Å². The van der Waals surface area contributed by atoms with Crippen LogP contribution in [-0.2, 0) is 4.79 Å². The maximum Gasteiger partial charge on any atom is 0.343 e. The molecule has 0 aromatic heterocycles. The van der Waals surface area contributed by atoms with Gasteiger partial charge in [-0.05, 0) is 42.8 Å². The van der Waals surface area contributed by atoms with Crippen molar-refractivity contribution in [1.29, 1.82) is 0 Å². The lowest BCUT2D eigenvalue weighted by molar-refractivity contribution is -0.121. The Hall–Kier alpha value is -2.66. The van der Waals surface area contributed by atoms with Gasteiger partial charge in [0.2, 0.25) is 5.91 Å². The third-order valence-corrected chi connectivity index (χ3v) is 4.85. The predicted molar refractivity (Wildman–Crippen MR) is 121 cm³/mol. The van der Waals surface area contributed by atoms with Gasteiger partial charge in [0.1, 0.15) is 5.75 Å². The van der Waals surface area contributed by atoms with Crippen LogP contribution in [0.1, 0.15) is 74.2 Å². The zero-order valence-electron chi connectivity index (χ0n) is 17.4. The molecule has 1 N–H and O–H groups in total. The van der Waals surface area contributed by atoms with Gasteiger partial charge in [-0.25, -0.2) is 10.2 Å². The van der Waals surface area contributed by atoms with E-state index in [1.54, 1.807) is 48.5 Å². The molecule has 0 fully saturated rings. The van der Waals surface area contributed by atoms with E-state index < -0.39 is 5.97 Å². The van der Waals surface area contributed by atoms with E-state index in [1.165, 1.54) is 38.3 Å².